The van der Waals surface area contributed by atoms with Crippen LogP contribution in [0.4, 0.5) is 0 Å². The molecule has 0 aliphatic carbocycles. The smallest absolute Gasteiger partial charge is 0.254 e. The minimum absolute atomic E-state index is 0.0378. The Balaban J connectivity index is 1.58. The van der Waals surface area contributed by atoms with Crippen LogP contribution in [0, 0.1) is 0 Å². The van der Waals surface area contributed by atoms with Crippen molar-refractivity contribution in [1.82, 2.24) is 4.90 Å². The molecule has 25 heavy (non-hydrogen) atoms. The molecule has 1 atom stereocenters. The van der Waals surface area contributed by atoms with Gasteiger partial charge in [-0.05, 0) is 48.7 Å². The Morgan fingerprint density at radius 3 is 2.80 bits per heavy atom. The summed E-state index contributed by atoms with van der Waals surface area (Å²) in [5.41, 5.74) is 1.80. The molecular weight excluding hydrogens is 382 g/mol. The summed E-state index contributed by atoms with van der Waals surface area (Å²) in [6.45, 7) is 1.97. The van der Waals surface area contributed by atoms with Crippen LogP contribution in [0.25, 0.3) is 0 Å². The number of ether oxygens (including phenoxy) is 2. The summed E-state index contributed by atoms with van der Waals surface area (Å²) in [6.07, 6.45) is 2.02. The highest BCUT2D eigenvalue weighted by atomic mass is 79.9. The molecule has 1 aliphatic heterocycles. The molecule has 0 saturated carbocycles. The van der Waals surface area contributed by atoms with Gasteiger partial charge in [-0.2, -0.15) is 0 Å². The van der Waals surface area contributed by atoms with Gasteiger partial charge in [0.25, 0.3) is 5.91 Å². The Labute approximate surface area is 156 Å². The summed E-state index contributed by atoms with van der Waals surface area (Å²) >= 11 is 3.44. The first-order valence-corrected chi connectivity index (χ1v) is 9.24. The first kappa shape index (κ1) is 18.0. The number of likely N-dealkylation sites (tertiary alicyclic amines) is 1. The maximum Gasteiger partial charge on any atom is 0.254 e. The van der Waals surface area contributed by atoms with E-state index in [1.165, 1.54) is 0 Å². The van der Waals surface area contributed by atoms with Gasteiger partial charge in [-0.25, -0.2) is 0 Å². The van der Waals surface area contributed by atoms with Gasteiger partial charge in [0.2, 0.25) is 0 Å². The van der Waals surface area contributed by atoms with Crippen LogP contribution < -0.4 is 4.74 Å². The zero-order valence-corrected chi connectivity index (χ0v) is 15.9. The van der Waals surface area contributed by atoms with E-state index >= 15 is 0 Å². The second-order valence-corrected chi connectivity index (χ2v) is 7.10. The molecule has 0 radical (unpaired) electrons. The second kappa shape index (κ2) is 8.50. The maximum atomic E-state index is 12.7. The van der Waals surface area contributed by atoms with Crippen LogP contribution >= 0.6 is 15.9 Å². The number of carbonyl (C=O) groups is 1. The fourth-order valence-electron chi connectivity index (χ4n) is 2.99. The molecule has 0 aromatic heterocycles. The molecule has 4 nitrogen and oxygen atoms in total. The maximum absolute atomic E-state index is 12.7. The molecule has 3 rings (SSSR count). The molecule has 0 bridgehead atoms. The van der Waals surface area contributed by atoms with Gasteiger partial charge in [0.05, 0.1) is 19.8 Å². The molecule has 1 unspecified atom stereocenters. The van der Waals surface area contributed by atoms with Crippen LogP contribution in [0.15, 0.2) is 53.0 Å². The number of carbonyl (C=O) groups excluding carboxylic acids is 1. The highest BCUT2D eigenvalue weighted by molar-refractivity contribution is 9.10. The Hall–Kier alpha value is -1.85. The quantitative estimate of drug-likeness (QED) is 0.747. The highest BCUT2D eigenvalue weighted by Crippen LogP contribution is 2.20. The standard InChI is InChI=1S/C20H22BrNO3/c1-24-18-5-2-4-16(12-18)20(23)22-11-3-6-19(13-22)25-14-15-7-9-17(21)10-8-15/h2,4-5,7-10,12,19H,3,6,11,13-14H2,1H3. The number of piperidine rings is 1. The van der Waals surface area contributed by atoms with Crippen molar-refractivity contribution in [3.63, 3.8) is 0 Å². The fourth-order valence-corrected chi connectivity index (χ4v) is 3.26. The minimum atomic E-state index is 0.0378. The molecule has 5 heteroatoms. The monoisotopic (exact) mass is 403 g/mol. The molecule has 1 fully saturated rings. The van der Waals surface area contributed by atoms with Gasteiger partial charge in [-0.1, -0.05) is 34.1 Å². The van der Waals surface area contributed by atoms with Crippen LogP contribution in [0.1, 0.15) is 28.8 Å². The van der Waals surface area contributed by atoms with E-state index in [1.807, 2.05) is 47.4 Å². The highest BCUT2D eigenvalue weighted by Gasteiger charge is 2.25. The zero-order valence-electron chi connectivity index (χ0n) is 14.3. The van der Waals surface area contributed by atoms with Gasteiger partial charge in [0.15, 0.2) is 0 Å². The van der Waals surface area contributed by atoms with Crippen molar-refractivity contribution in [2.45, 2.75) is 25.6 Å². The lowest BCUT2D eigenvalue weighted by molar-refractivity contribution is -0.00673. The van der Waals surface area contributed by atoms with Gasteiger partial charge in [0.1, 0.15) is 5.75 Å². The lowest BCUT2D eigenvalue weighted by Crippen LogP contribution is -2.43. The lowest BCUT2D eigenvalue weighted by atomic mass is 10.1. The first-order chi connectivity index (χ1) is 12.2. The lowest BCUT2D eigenvalue weighted by Gasteiger charge is -2.32. The van der Waals surface area contributed by atoms with E-state index in [1.54, 1.807) is 13.2 Å². The summed E-state index contributed by atoms with van der Waals surface area (Å²) in [6, 6.07) is 15.4. The molecule has 1 saturated heterocycles. The van der Waals surface area contributed by atoms with Gasteiger partial charge >= 0.3 is 0 Å². The summed E-state index contributed by atoms with van der Waals surface area (Å²) in [4.78, 5) is 14.6. The number of benzene rings is 2. The molecule has 1 aliphatic rings. The second-order valence-electron chi connectivity index (χ2n) is 6.18. The molecular formula is C20H22BrNO3. The molecule has 1 amide bonds. The van der Waals surface area contributed by atoms with Crippen molar-refractivity contribution in [1.29, 1.82) is 0 Å². The van der Waals surface area contributed by atoms with Crippen molar-refractivity contribution in [2.24, 2.45) is 0 Å². The predicted octanol–water partition coefficient (Wildman–Crippen LogP) is 4.28. The van der Waals surface area contributed by atoms with E-state index in [9.17, 15) is 4.79 Å². The summed E-state index contributed by atoms with van der Waals surface area (Å²) in [5.74, 6) is 0.738. The van der Waals surface area contributed by atoms with E-state index in [0.29, 0.717) is 24.5 Å². The number of halogens is 1. The average molecular weight is 404 g/mol. The van der Waals surface area contributed by atoms with Gasteiger partial charge in [-0.3, -0.25) is 4.79 Å². The first-order valence-electron chi connectivity index (χ1n) is 8.45. The van der Waals surface area contributed by atoms with E-state index in [4.69, 9.17) is 9.47 Å². The van der Waals surface area contributed by atoms with Crippen LogP contribution in [-0.2, 0) is 11.3 Å². The Kier molecular flexibility index (Phi) is 6.10. The van der Waals surface area contributed by atoms with Crippen LogP contribution in [0.3, 0.4) is 0 Å². The largest absolute Gasteiger partial charge is 0.497 e. The number of nitrogens with zero attached hydrogens (tertiary/aromatic N) is 1. The third-order valence-corrected chi connectivity index (χ3v) is 4.91. The third-order valence-electron chi connectivity index (χ3n) is 4.38. The van der Waals surface area contributed by atoms with Crippen LogP contribution in [0.5, 0.6) is 5.75 Å². The van der Waals surface area contributed by atoms with Gasteiger partial charge in [0, 0.05) is 23.1 Å². The Bertz CT molecular complexity index is 717. The van der Waals surface area contributed by atoms with Crippen LogP contribution in [-0.4, -0.2) is 37.1 Å². The van der Waals surface area contributed by atoms with Crippen molar-refractivity contribution in [2.75, 3.05) is 20.2 Å². The summed E-state index contributed by atoms with van der Waals surface area (Å²) in [5, 5.41) is 0. The van der Waals surface area contributed by atoms with E-state index in [2.05, 4.69) is 15.9 Å². The number of methoxy groups -OCH3 is 1. The van der Waals surface area contributed by atoms with Gasteiger partial charge < -0.3 is 14.4 Å². The Morgan fingerprint density at radius 1 is 1.24 bits per heavy atom. The SMILES string of the molecule is COc1cccc(C(=O)N2CCCC(OCc3ccc(Br)cc3)C2)c1. The van der Waals surface area contributed by atoms with Crippen LogP contribution in [0.2, 0.25) is 0 Å². The molecule has 0 N–H and O–H groups in total. The number of hydrogen-bond acceptors (Lipinski definition) is 3. The van der Waals surface area contributed by atoms with Crippen molar-refractivity contribution in [3.05, 3.63) is 64.1 Å². The zero-order chi connectivity index (χ0) is 17.6. The normalized spacial score (nSPS) is 17.4. The van der Waals surface area contributed by atoms with E-state index in [-0.39, 0.29) is 12.0 Å². The predicted molar refractivity (Wildman–Crippen MR) is 101 cm³/mol. The topological polar surface area (TPSA) is 38.8 Å². The van der Waals surface area contributed by atoms with Crippen molar-refractivity contribution >= 4 is 21.8 Å². The van der Waals surface area contributed by atoms with Crippen molar-refractivity contribution < 1.29 is 14.3 Å². The van der Waals surface area contributed by atoms with E-state index < -0.39 is 0 Å². The number of rotatable bonds is 5. The third kappa shape index (κ3) is 4.83. The average Bonchev–Trinajstić information content (AvgIpc) is 2.67. The molecule has 0 spiro atoms. The summed E-state index contributed by atoms with van der Waals surface area (Å²) in [7, 11) is 1.61. The number of hydrogen-bond donors (Lipinski definition) is 0. The van der Waals surface area contributed by atoms with Gasteiger partial charge in [-0.15, -0.1) is 0 Å². The number of amides is 1. The molecule has 2 aromatic rings. The fraction of sp³-hybridized carbons (Fsp3) is 0.350. The molecule has 1 heterocycles. The molecule has 2 aromatic carbocycles. The van der Waals surface area contributed by atoms with Crippen molar-refractivity contribution in [3.8, 4) is 5.75 Å². The summed E-state index contributed by atoms with van der Waals surface area (Å²) < 4.78 is 12.3. The van der Waals surface area contributed by atoms with E-state index in [0.717, 1.165) is 29.4 Å². The minimum Gasteiger partial charge on any atom is -0.497 e. The molecule has 132 valence electrons. The Morgan fingerprint density at radius 2 is 2.04 bits per heavy atom.